The molecule has 9 heteroatoms. The first kappa shape index (κ1) is 22.3. The van der Waals surface area contributed by atoms with E-state index in [9.17, 15) is 9.59 Å². The summed E-state index contributed by atoms with van der Waals surface area (Å²) in [5.74, 6) is 0.567. The summed E-state index contributed by atoms with van der Waals surface area (Å²) in [5, 5.41) is 9.19. The molecule has 1 unspecified atom stereocenters. The highest BCUT2D eigenvalue weighted by atomic mass is 127. The molecule has 0 saturated carbocycles. The van der Waals surface area contributed by atoms with Crippen LogP contribution in [0.3, 0.4) is 0 Å². The molecule has 1 saturated heterocycles. The van der Waals surface area contributed by atoms with E-state index in [1.165, 1.54) is 4.90 Å². The smallest absolute Gasteiger partial charge is 0.325 e. The van der Waals surface area contributed by atoms with Gasteiger partial charge in [0.05, 0.1) is 0 Å². The zero-order valence-electron chi connectivity index (χ0n) is 15.6. The van der Waals surface area contributed by atoms with Gasteiger partial charge in [0.25, 0.3) is 5.91 Å². The lowest BCUT2D eigenvalue weighted by atomic mass is 9.99. The first-order chi connectivity index (χ1) is 12.0. The van der Waals surface area contributed by atoms with Crippen molar-refractivity contribution >= 4 is 41.9 Å². The van der Waals surface area contributed by atoms with Crippen LogP contribution in [0.1, 0.15) is 26.7 Å². The zero-order valence-corrected chi connectivity index (χ0v) is 17.9. The molecule has 0 aromatic carbocycles. The third-order valence-corrected chi connectivity index (χ3v) is 4.46. The Morgan fingerprint density at radius 1 is 1.19 bits per heavy atom. The predicted octanol–water partition coefficient (Wildman–Crippen LogP) is 1.38. The van der Waals surface area contributed by atoms with Crippen molar-refractivity contribution in [3.8, 4) is 0 Å². The van der Waals surface area contributed by atoms with Crippen LogP contribution in [0.5, 0.6) is 0 Å². The van der Waals surface area contributed by atoms with Crippen LogP contribution in [-0.2, 0) is 11.3 Å². The number of aliphatic imine (C=N–C) groups is 1. The van der Waals surface area contributed by atoms with E-state index in [0.717, 1.165) is 13.1 Å². The lowest BCUT2D eigenvalue weighted by Gasteiger charge is -2.19. The molecule has 0 aliphatic carbocycles. The maximum absolute atomic E-state index is 12.3. The van der Waals surface area contributed by atoms with Crippen LogP contribution >= 0.6 is 24.0 Å². The minimum absolute atomic E-state index is 0. The van der Waals surface area contributed by atoms with Gasteiger partial charge in [0.1, 0.15) is 5.54 Å². The van der Waals surface area contributed by atoms with Gasteiger partial charge in [-0.15, -0.1) is 24.0 Å². The van der Waals surface area contributed by atoms with E-state index in [-0.39, 0.29) is 35.9 Å². The van der Waals surface area contributed by atoms with Gasteiger partial charge in [-0.3, -0.25) is 14.7 Å². The number of hydrogen-bond donors (Lipinski definition) is 3. The van der Waals surface area contributed by atoms with Crippen LogP contribution in [-0.4, -0.2) is 59.6 Å². The number of halogens is 1. The van der Waals surface area contributed by atoms with Crippen molar-refractivity contribution in [1.82, 2.24) is 25.4 Å². The summed E-state index contributed by atoms with van der Waals surface area (Å²) < 4.78 is 2.09. The Hall–Kier alpha value is -1.78. The van der Waals surface area contributed by atoms with Crippen LogP contribution < -0.4 is 16.0 Å². The number of urea groups is 1. The first-order valence-electron chi connectivity index (χ1n) is 8.69. The average molecular weight is 476 g/mol. The summed E-state index contributed by atoms with van der Waals surface area (Å²) in [6.45, 7) is 6.30. The summed E-state index contributed by atoms with van der Waals surface area (Å²) in [7, 11) is 1.72. The van der Waals surface area contributed by atoms with E-state index in [0.29, 0.717) is 31.9 Å². The molecular weight excluding hydrogens is 447 g/mol. The maximum atomic E-state index is 12.3. The standard InChI is InChI=1S/C17H28N6O2.HI/c1-4-17(2)14(24)23(16(25)21-17)12-7-8-19-15(18-3)20-9-13-22-10-5-6-11-22;/h5-6,10-11H,4,7-9,12-13H2,1-3H3,(H,21,25)(H2,18,19,20);1H. The summed E-state index contributed by atoms with van der Waals surface area (Å²) >= 11 is 0. The fraction of sp³-hybridized carbons (Fsp3) is 0.588. The van der Waals surface area contributed by atoms with Crippen LogP contribution in [0.4, 0.5) is 4.79 Å². The minimum atomic E-state index is -0.763. The number of rotatable bonds is 8. The Labute approximate surface area is 171 Å². The third kappa shape index (κ3) is 5.61. The average Bonchev–Trinajstić information content (AvgIpc) is 3.19. The molecule has 26 heavy (non-hydrogen) atoms. The molecule has 146 valence electrons. The minimum Gasteiger partial charge on any atom is -0.356 e. The fourth-order valence-electron chi connectivity index (χ4n) is 2.68. The van der Waals surface area contributed by atoms with Gasteiger partial charge in [0.2, 0.25) is 0 Å². The largest absolute Gasteiger partial charge is 0.356 e. The Bertz CT molecular complexity index is 619. The highest BCUT2D eigenvalue weighted by Crippen LogP contribution is 2.20. The van der Waals surface area contributed by atoms with Gasteiger partial charge >= 0.3 is 6.03 Å². The van der Waals surface area contributed by atoms with Gasteiger partial charge in [-0.05, 0) is 31.9 Å². The second-order valence-electron chi connectivity index (χ2n) is 6.27. The number of hydrogen-bond acceptors (Lipinski definition) is 3. The van der Waals surface area contributed by atoms with Gasteiger partial charge < -0.3 is 20.5 Å². The molecule has 0 spiro atoms. The molecule has 2 rings (SSSR count). The molecule has 1 atom stereocenters. The molecule has 8 nitrogen and oxygen atoms in total. The van der Waals surface area contributed by atoms with Crippen molar-refractivity contribution in [1.29, 1.82) is 0 Å². The van der Waals surface area contributed by atoms with Gasteiger partial charge in [-0.1, -0.05) is 6.92 Å². The third-order valence-electron chi connectivity index (χ3n) is 4.46. The number of carbonyl (C=O) groups is 2. The van der Waals surface area contributed by atoms with E-state index in [1.54, 1.807) is 14.0 Å². The Morgan fingerprint density at radius 2 is 1.85 bits per heavy atom. The SMILES string of the molecule is CCC1(C)NC(=O)N(CCCNC(=NC)NCCn2cccc2)C1=O.I. The number of nitrogens with zero attached hydrogens (tertiary/aromatic N) is 3. The van der Waals surface area contributed by atoms with E-state index in [4.69, 9.17) is 0 Å². The Morgan fingerprint density at radius 3 is 2.42 bits per heavy atom. The van der Waals surface area contributed by atoms with E-state index in [1.807, 2.05) is 31.5 Å². The summed E-state index contributed by atoms with van der Waals surface area (Å²) in [6, 6.07) is 3.68. The molecule has 0 radical (unpaired) electrons. The number of imide groups is 1. The van der Waals surface area contributed by atoms with Gasteiger partial charge in [-0.2, -0.15) is 0 Å². The molecule has 1 aliphatic rings. The lowest BCUT2D eigenvalue weighted by molar-refractivity contribution is -0.130. The summed E-state index contributed by atoms with van der Waals surface area (Å²) in [5.41, 5.74) is -0.763. The summed E-state index contributed by atoms with van der Waals surface area (Å²) in [4.78, 5) is 29.7. The number of guanidine groups is 1. The molecule has 0 bridgehead atoms. The van der Waals surface area contributed by atoms with Crippen molar-refractivity contribution in [2.24, 2.45) is 4.99 Å². The summed E-state index contributed by atoms with van der Waals surface area (Å²) in [6.07, 6.45) is 5.28. The maximum Gasteiger partial charge on any atom is 0.325 e. The van der Waals surface area contributed by atoms with Crippen molar-refractivity contribution in [2.75, 3.05) is 26.7 Å². The van der Waals surface area contributed by atoms with Gasteiger partial charge in [0, 0.05) is 45.6 Å². The molecular formula is C17H29IN6O2. The Kier molecular flexibility index (Phi) is 8.89. The van der Waals surface area contributed by atoms with E-state index in [2.05, 4.69) is 25.5 Å². The van der Waals surface area contributed by atoms with Crippen LogP contribution in [0.15, 0.2) is 29.5 Å². The lowest BCUT2D eigenvalue weighted by Crippen LogP contribution is -2.43. The molecule has 1 aromatic rings. The number of aromatic nitrogens is 1. The molecule has 1 aromatic heterocycles. The quantitative estimate of drug-likeness (QED) is 0.174. The van der Waals surface area contributed by atoms with Crippen molar-refractivity contribution in [3.63, 3.8) is 0 Å². The number of carbonyl (C=O) groups excluding carboxylic acids is 2. The Balaban J connectivity index is 0.00000338. The predicted molar refractivity (Wildman–Crippen MR) is 113 cm³/mol. The van der Waals surface area contributed by atoms with Crippen LogP contribution in [0.25, 0.3) is 0 Å². The van der Waals surface area contributed by atoms with E-state index < -0.39 is 5.54 Å². The zero-order chi connectivity index (χ0) is 18.3. The van der Waals surface area contributed by atoms with Crippen molar-refractivity contribution in [3.05, 3.63) is 24.5 Å². The molecule has 3 amide bonds. The van der Waals surface area contributed by atoms with Crippen LogP contribution in [0.2, 0.25) is 0 Å². The molecule has 1 fully saturated rings. The monoisotopic (exact) mass is 476 g/mol. The van der Waals surface area contributed by atoms with Gasteiger partial charge in [-0.25, -0.2) is 4.79 Å². The normalized spacial score (nSPS) is 20.0. The highest BCUT2D eigenvalue weighted by molar-refractivity contribution is 14.0. The highest BCUT2D eigenvalue weighted by Gasteiger charge is 2.45. The second-order valence-corrected chi connectivity index (χ2v) is 6.27. The van der Waals surface area contributed by atoms with Crippen molar-refractivity contribution < 1.29 is 9.59 Å². The fourth-order valence-corrected chi connectivity index (χ4v) is 2.68. The first-order valence-corrected chi connectivity index (χ1v) is 8.69. The molecule has 3 N–H and O–H groups in total. The molecule has 1 aliphatic heterocycles. The number of nitrogens with one attached hydrogen (secondary N) is 3. The topological polar surface area (TPSA) is 90.8 Å². The van der Waals surface area contributed by atoms with E-state index >= 15 is 0 Å². The van der Waals surface area contributed by atoms with Crippen molar-refractivity contribution in [2.45, 2.75) is 38.8 Å². The second kappa shape index (κ2) is 10.4. The van der Waals surface area contributed by atoms with Crippen LogP contribution in [0, 0.1) is 0 Å². The van der Waals surface area contributed by atoms with Gasteiger partial charge in [0.15, 0.2) is 5.96 Å². The molecule has 2 heterocycles. The number of amides is 3.